The number of alkyl halides is 3. The van der Waals surface area contributed by atoms with Crippen LogP contribution in [0.15, 0.2) is 24.3 Å². The van der Waals surface area contributed by atoms with Gasteiger partial charge in [0.15, 0.2) is 0 Å². The van der Waals surface area contributed by atoms with Crippen molar-refractivity contribution in [3.63, 3.8) is 0 Å². The molecule has 3 amide bonds. The number of imide groups is 1. The highest BCUT2D eigenvalue weighted by atomic mass is 19.4. The minimum atomic E-state index is -4.37. The van der Waals surface area contributed by atoms with E-state index in [4.69, 9.17) is 5.73 Å². The van der Waals surface area contributed by atoms with Gasteiger partial charge in [-0.25, -0.2) is 4.79 Å². The van der Waals surface area contributed by atoms with E-state index in [9.17, 15) is 22.8 Å². The third-order valence-corrected chi connectivity index (χ3v) is 2.41. The summed E-state index contributed by atoms with van der Waals surface area (Å²) in [7, 11) is 1.60. The Morgan fingerprint density at radius 3 is 2.25 bits per heavy atom. The van der Waals surface area contributed by atoms with E-state index in [0.717, 1.165) is 12.1 Å². The van der Waals surface area contributed by atoms with Crippen LogP contribution < -0.4 is 11.1 Å². The quantitative estimate of drug-likeness (QED) is 0.878. The fourth-order valence-electron chi connectivity index (χ4n) is 1.59. The van der Waals surface area contributed by atoms with Crippen molar-refractivity contribution in [1.82, 2.24) is 10.2 Å². The lowest BCUT2D eigenvalue weighted by Gasteiger charge is -2.16. The highest BCUT2D eigenvalue weighted by molar-refractivity contribution is 5.94. The van der Waals surface area contributed by atoms with Gasteiger partial charge in [-0.2, -0.15) is 13.2 Å². The van der Waals surface area contributed by atoms with E-state index in [-0.39, 0.29) is 13.1 Å². The van der Waals surface area contributed by atoms with Crippen molar-refractivity contribution in [1.29, 1.82) is 0 Å². The molecule has 0 bridgehead atoms. The van der Waals surface area contributed by atoms with Crippen molar-refractivity contribution in [3.05, 3.63) is 35.4 Å². The zero-order valence-electron chi connectivity index (χ0n) is 10.7. The van der Waals surface area contributed by atoms with Crippen molar-refractivity contribution in [3.8, 4) is 0 Å². The van der Waals surface area contributed by atoms with Gasteiger partial charge in [-0.3, -0.25) is 15.0 Å². The van der Waals surface area contributed by atoms with E-state index in [0.29, 0.717) is 5.56 Å². The maximum Gasteiger partial charge on any atom is 0.416 e. The summed E-state index contributed by atoms with van der Waals surface area (Å²) in [5.41, 5.74) is 4.67. The van der Waals surface area contributed by atoms with Gasteiger partial charge in [-0.05, 0) is 24.7 Å². The first-order valence-electron chi connectivity index (χ1n) is 5.62. The zero-order chi connectivity index (χ0) is 15.3. The SMILES string of the molecule is CN(CC(=O)NC(N)=O)Cc1ccc(C(F)(F)F)cc1. The van der Waals surface area contributed by atoms with Gasteiger partial charge in [0.25, 0.3) is 0 Å². The molecule has 20 heavy (non-hydrogen) atoms. The van der Waals surface area contributed by atoms with Crippen molar-refractivity contribution in [2.45, 2.75) is 12.7 Å². The number of nitrogens with one attached hydrogen (secondary N) is 1. The maximum atomic E-state index is 12.4. The van der Waals surface area contributed by atoms with Crippen molar-refractivity contribution in [2.75, 3.05) is 13.6 Å². The Hall–Kier alpha value is -2.09. The molecule has 3 N–H and O–H groups in total. The highest BCUT2D eigenvalue weighted by Crippen LogP contribution is 2.29. The zero-order valence-corrected chi connectivity index (χ0v) is 10.7. The second-order valence-electron chi connectivity index (χ2n) is 4.28. The monoisotopic (exact) mass is 289 g/mol. The molecule has 0 fully saturated rings. The summed E-state index contributed by atoms with van der Waals surface area (Å²) in [6.45, 7) is 0.175. The van der Waals surface area contributed by atoms with Crippen LogP contribution in [0.1, 0.15) is 11.1 Å². The average Bonchev–Trinajstić information content (AvgIpc) is 2.26. The predicted molar refractivity (Wildman–Crippen MR) is 65.5 cm³/mol. The molecular formula is C12H14F3N3O2. The molecular weight excluding hydrogens is 275 g/mol. The second-order valence-corrected chi connectivity index (χ2v) is 4.28. The Bertz CT molecular complexity index is 486. The van der Waals surface area contributed by atoms with Crippen molar-refractivity contribution in [2.24, 2.45) is 5.73 Å². The van der Waals surface area contributed by atoms with Gasteiger partial charge in [-0.15, -0.1) is 0 Å². The van der Waals surface area contributed by atoms with Crippen LogP contribution in [0.2, 0.25) is 0 Å². The van der Waals surface area contributed by atoms with Crippen molar-refractivity contribution < 1.29 is 22.8 Å². The minimum absolute atomic E-state index is 0.0933. The second kappa shape index (κ2) is 6.38. The fourth-order valence-corrected chi connectivity index (χ4v) is 1.59. The number of benzene rings is 1. The van der Waals surface area contributed by atoms with E-state index in [1.54, 1.807) is 11.9 Å². The summed E-state index contributed by atoms with van der Waals surface area (Å²) in [4.78, 5) is 23.2. The molecule has 0 aliphatic rings. The number of amides is 3. The van der Waals surface area contributed by atoms with Gasteiger partial charge < -0.3 is 5.73 Å². The number of carbonyl (C=O) groups excluding carboxylic acids is 2. The number of rotatable bonds is 4. The van der Waals surface area contributed by atoms with Crippen LogP contribution in [0, 0.1) is 0 Å². The number of hydrogen-bond acceptors (Lipinski definition) is 3. The van der Waals surface area contributed by atoms with E-state index >= 15 is 0 Å². The number of urea groups is 1. The maximum absolute atomic E-state index is 12.4. The van der Waals surface area contributed by atoms with Gasteiger partial charge in [0.2, 0.25) is 5.91 Å². The van der Waals surface area contributed by atoms with Crippen LogP contribution in [0.4, 0.5) is 18.0 Å². The molecule has 0 aromatic heterocycles. The van der Waals surface area contributed by atoms with E-state index < -0.39 is 23.7 Å². The predicted octanol–water partition coefficient (Wildman–Crippen LogP) is 1.33. The number of nitrogens with zero attached hydrogens (tertiary/aromatic N) is 1. The molecule has 5 nitrogen and oxygen atoms in total. The van der Waals surface area contributed by atoms with Crippen LogP contribution in [0.3, 0.4) is 0 Å². The van der Waals surface area contributed by atoms with Crippen LogP contribution in [-0.2, 0) is 17.5 Å². The Labute approximate surface area is 113 Å². The number of halogens is 3. The van der Waals surface area contributed by atoms with Crippen LogP contribution in [-0.4, -0.2) is 30.4 Å². The first kappa shape index (κ1) is 16.0. The van der Waals surface area contributed by atoms with Crippen molar-refractivity contribution >= 4 is 11.9 Å². The molecule has 1 aromatic carbocycles. The molecule has 0 heterocycles. The fraction of sp³-hybridized carbons (Fsp3) is 0.333. The van der Waals surface area contributed by atoms with Gasteiger partial charge in [0.05, 0.1) is 12.1 Å². The Kier molecular flexibility index (Phi) is 5.09. The minimum Gasteiger partial charge on any atom is -0.351 e. The molecule has 0 unspecified atom stereocenters. The lowest BCUT2D eigenvalue weighted by Crippen LogP contribution is -2.41. The van der Waals surface area contributed by atoms with Crippen LogP contribution in [0.25, 0.3) is 0 Å². The summed E-state index contributed by atoms with van der Waals surface area (Å²) >= 11 is 0. The Morgan fingerprint density at radius 2 is 1.80 bits per heavy atom. The first-order valence-corrected chi connectivity index (χ1v) is 5.62. The van der Waals surface area contributed by atoms with Gasteiger partial charge in [0.1, 0.15) is 0 Å². The summed E-state index contributed by atoms with van der Waals surface area (Å²) in [5.74, 6) is -0.577. The van der Waals surface area contributed by atoms with Crippen LogP contribution in [0.5, 0.6) is 0 Å². The lowest BCUT2D eigenvalue weighted by atomic mass is 10.1. The molecule has 0 saturated heterocycles. The van der Waals surface area contributed by atoms with Crippen LogP contribution >= 0.6 is 0 Å². The molecule has 8 heteroatoms. The summed E-state index contributed by atoms with van der Waals surface area (Å²) in [6.07, 6.45) is -4.37. The number of nitrogens with two attached hydrogens (primary N) is 1. The lowest BCUT2D eigenvalue weighted by molar-refractivity contribution is -0.137. The normalized spacial score (nSPS) is 11.4. The molecule has 110 valence electrons. The third-order valence-electron chi connectivity index (χ3n) is 2.41. The van der Waals surface area contributed by atoms with E-state index in [1.165, 1.54) is 12.1 Å². The molecule has 1 rings (SSSR count). The summed E-state index contributed by atoms with van der Waals surface area (Å²) in [5, 5.41) is 1.90. The third kappa shape index (κ3) is 5.27. The molecule has 0 aliphatic carbocycles. The number of carbonyl (C=O) groups is 2. The number of hydrogen-bond donors (Lipinski definition) is 2. The summed E-state index contributed by atoms with van der Waals surface area (Å²) in [6, 6.07) is 3.69. The molecule has 0 spiro atoms. The van der Waals surface area contributed by atoms with E-state index in [2.05, 4.69) is 0 Å². The van der Waals surface area contributed by atoms with Gasteiger partial charge in [-0.1, -0.05) is 12.1 Å². The Morgan fingerprint density at radius 1 is 1.25 bits per heavy atom. The largest absolute Gasteiger partial charge is 0.416 e. The smallest absolute Gasteiger partial charge is 0.351 e. The molecule has 0 radical (unpaired) electrons. The number of primary amides is 1. The average molecular weight is 289 g/mol. The molecule has 0 saturated carbocycles. The molecule has 0 atom stereocenters. The topological polar surface area (TPSA) is 75.4 Å². The molecule has 0 aliphatic heterocycles. The highest BCUT2D eigenvalue weighted by Gasteiger charge is 2.29. The van der Waals surface area contributed by atoms with Gasteiger partial charge >= 0.3 is 12.2 Å². The first-order chi connectivity index (χ1) is 9.18. The van der Waals surface area contributed by atoms with Gasteiger partial charge in [0, 0.05) is 6.54 Å². The number of likely N-dealkylation sites (N-methyl/N-ethyl adjacent to an activating group) is 1. The van der Waals surface area contributed by atoms with E-state index in [1.807, 2.05) is 5.32 Å². The molecule has 1 aromatic rings. The summed E-state index contributed by atoms with van der Waals surface area (Å²) < 4.78 is 37.1. The standard InChI is InChI=1S/C12H14F3N3O2/c1-18(7-10(19)17-11(16)20)6-8-2-4-9(5-3-8)12(13,14)15/h2-5H,6-7H2,1H3,(H3,16,17,19,20). The Balaban J connectivity index is 2.56.